The minimum atomic E-state index is 0.141. The molecule has 0 bridgehead atoms. The highest BCUT2D eigenvalue weighted by Crippen LogP contribution is 2.11. The van der Waals surface area contributed by atoms with Gasteiger partial charge in [-0.3, -0.25) is 4.79 Å². The molecule has 1 atom stereocenters. The monoisotopic (exact) mass is 225 g/mol. The first-order chi connectivity index (χ1) is 7.74. The van der Waals surface area contributed by atoms with Gasteiger partial charge in [0.2, 0.25) is 5.91 Å². The maximum Gasteiger partial charge on any atom is 0.220 e. The van der Waals surface area contributed by atoms with Gasteiger partial charge >= 0.3 is 0 Å². The molecule has 0 radical (unpaired) electrons. The number of hydrogen-bond acceptors (Lipinski definition) is 1. The van der Waals surface area contributed by atoms with Crippen molar-refractivity contribution in [2.75, 3.05) is 7.05 Å². The van der Waals surface area contributed by atoms with Gasteiger partial charge in [0, 0.05) is 13.5 Å². The molecule has 0 aromatic carbocycles. The number of unbranched alkanes of at least 4 members (excludes halogenated alkanes) is 4. The van der Waals surface area contributed by atoms with Crippen LogP contribution < -0.4 is 5.32 Å². The maximum atomic E-state index is 11.2. The van der Waals surface area contributed by atoms with Crippen LogP contribution in [-0.2, 0) is 4.79 Å². The molecule has 0 rings (SSSR count). The summed E-state index contributed by atoms with van der Waals surface area (Å²) < 4.78 is 0. The lowest BCUT2D eigenvalue weighted by Gasteiger charge is -2.08. The van der Waals surface area contributed by atoms with Gasteiger partial charge in [-0.25, -0.2) is 0 Å². The second-order valence-electron chi connectivity index (χ2n) is 4.32. The summed E-state index contributed by atoms with van der Waals surface area (Å²) in [5.74, 6) is 0.550. The fourth-order valence-electron chi connectivity index (χ4n) is 1.67. The van der Waals surface area contributed by atoms with Crippen molar-refractivity contribution in [1.82, 2.24) is 5.32 Å². The lowest BCUT2D eigenvalue weighted by atomic mass is 10.0. The van der Waals surface area contributed by atoms with Crippen LogP contribution >= 0.6 is 0 Å². The van der Waals surface area contributed by atoms with E-state index >= 15 is 0 Å². The molecule has 16 heavy (non-hydrogen) atoms. The minimum Gasteiger partial charge on any atom is -0.359 e. The number of allylic oxidation sites excluding steroid dienone is 2. The zero-order valence-corrected chi connectivity index (χ0v) is 11.1. The topological polar surface area (TPSA) is 29.1 Å². The summed E-state index contributed by atoms with van der Waals surface area (Å²) in [6.45, 7) is 4.36. The van der Waals surface area contributed by atoms with E-state index in [1.807, 2.05) is 0 Å². The molecule has 0 saturated carbocycles. The molecule has 1 N–H and O–H groups in total. The van der Waals surface area contributed by atoms with Crippen molar-refractivity contribution in [3.8, 4) is 0 Å². The van der Waals surface area contributed by atoms with E-state index in [4.69, 9.17) is 0 Å². The van der Waals surface area contributed by atoms with E-state index in [-0.39, 0.29) is 5.91 Å². The van der Waals surface area contributed by atoms with E-state index in [1.54, 1.807) is 7.05 Å². The van der Waals surface area contributed by atoms with Crippen LogP contribution in [0, 0.1) is 5.92 Å². The smallest absolute Gasteiger partial charge is 0.220 e. The second-order valence-corrected chi connectivity index (χ2v) is 4.32. The Hall–Kier alpha value is -0.790. The van der Waals surface area contributed by atoms with Gasteiger partial charge in [0.15, 0.2) is 0 Å². The zero-order valence-electron chi connectivity index (χ0n) is 11.1. The average molecular weight is 225 g/mol. The van der Waals surface area contributed by atoms with Gasteiger partial charge in [0.1, 0.15) is 0 Å². The van der Waals surface area contributed by atoms with E-state index < -0.39 is 0 Å². The lowest BCUT2D eigenvalue weighted by Crippen LogP contribution is -2.20. The van der Waals surface area contributed by atoms with Crippen LogP contribution in [0.4, 0.5) is 0 Å². The minimum absolute atomic E-state index is 0.141. The zero-order chi connectivity index (χ0) is 12.2. The molecule has 0 fully saturated rings. The van der Waals surface area contributed by atoms with Crippen LogP contribution in [0.15, 0.2) is 12.2 Å². The van der Waals surface area contributed by atoms with Gasteiger partial charge < -0.3 is 5.32 Å². The normalized spacial score (nSPS) is 12.9. The number of rotatable bonds is 9. The van der Waals surface area contributed by atoms with E-state index in [2.05, 4.69) is 31.3 Å². The van der Waals surface area contributed by atoms with Crippen molar-refractivity contribution in [3.05, 3.63) is 12.2 Å². The van der Waals surface area contributed by atoms with Crippen molar-refractivity contribution < 1.29 is 4.79 Å². The molecule has 2 heteroatoms. The summed E-state index contributed by atoms with van der Waals surface area (Å²) in [7, 11) is 1.70. The van der Waals surface area contributed by atoms with Gasteiger partial charge in [0.05, 0.1) is 0 Å². The van der Waals surface area contributed by atoms with Crippen molar-refractivity contribution in [2.45, 2.75) is 58.8 Å². The number of nitrogens with one attached hydrogen (secondary N) is 1. The van der Waals surface area contributed by atoms with Crippen molar-refractivity contribution in [3.63, 3.8) is 0 Å². The van der Waals surface area contributed by atoms with Crippen LogP contribution in [0.2, 0.25) is 0 Å². The number of hydrogen-bond donors (Lipinski definition) is 1. The van der Waals surface area contributed by atoms with E-state index in [0.29, 0.717) is 12.3 Å². The van der Waals surface area contributed by atoms with Crippen molar-refractivity contribution in [1.29, 1.82) is 0 Å². The molecule has 1 amide bonds. The van der Waals surface area contributed by atoms with Crippen LogP contribution in [0.3, 0.4) is 0 Å². The third-order valence-electron chi connectivity index (χ3n) is 2.88. The van der Waals surface area contributed by atoms with Crippen LogP contribution in [0.25, 0.3) is 0 Å². The molecule has 0 aromatic heterocycles. The summed E-state index contributed by atoms with van der Waals surface area (Å²) in [6.07, 6.45) is 12.5. The first kappa shape index (κ1) is 15.2. The summed E-state index contributed by atoms with van der Waals surface area (Å²) in [5.41, 5.74) is 0. The van der Waals surface area contributed by atoms with E-state index in [9.17, 15) is 4.79 Å². The standard InChI is InChI=1S/C14H27NO/c1-4-6-7-8-9-10-11-13(5-2)12-14(16)15-3/h10-11,13H,4-9,12H2,1-3H3,(H,15,16)/b11-10-/t13-/m0/s1. The molecule has 0 saturated heterocycles. The molecule has 0 aliphatic carbocycles. The highest BCUT2D eigenvalue weighted by atomic mass is 16.1. The largest absolute Gasteiger partial charge is 0.359 e. The van der Waals surface area contributed by atoms with Gasteiger partial charge in [-0.1, -0.05) is 45.3 Å². The quantitative estimate of drug-likeness (QED) is 0.471. The Balaban J connectivity index is 3.66. The van der Waals surface area contributed by atoms with Crippen molar-refractivity contribution in [2.24, 2.45) is 5.92 Å². The summed E-state index contributed by atoms with van der Waals surface area (Å²) in [4.78, 5) is 11.2. The van der Waals surface area contributed by atoms with E-state index in [1.165, 1.54) is 25.7 Å². The first-order valence-electron chi connectivity index (χ1n) is 6.61. The Morgan fingerprint density at radius 1 is 1.25 bits per heavy atom. The molecule has 2 nitrogen and oxygen atoms in total. The number of carbonyl (C=O) groups is 1. The average Bonchev–Trinajstić information content (AvgIpc) is 2.31. The summed E-state index contributed by atoms with van der Waals surface area (Å²) in [6, 6.07) is 0. The Morgan fingerprint density at radius 2 is 2.00 bits per heavy atom. The highest BCUT2D eigenvalue weighted by molar-refractivity contribution is 5.75. The maximum absolute atomic E-state index is 11.2. The van der Waals surface area contributed by atoms with Crippen LogP contribution in [0.1, 0.15) is 58.8 Å². The Labute approximate surface area is 101 Å². The van der Waals surface area contributed by atoms with Gasteiger partial charge in [-0.05, 0) is 25.2 Å². The Kier molecular flexibility index (Phi) is 10.2. The van der Waals surface area contributed by atoms with Crippen LogP contribution in [0.5, 0.6) is 0 Å². The fourth-order valence-corrected chi connectivity index (χ4v) is 1.67. The van der Waals surface area contributed by atoms with Crippen molar-refractivity contribution >= 4 is 5.91 Å². The Bertz CT molecular complexity index is 199. The molecule has 0 aromatic rings. The molecule has 0 aliphatic rings. The van der Waals surface area contributed by atoms with Gasteiger partial charge in [-0.15, -0.1) is 0 Å². The molecule has 0 unspecified atom stereocenters. The lowest BCUT2D eigenvalue weighted by molar-refractivity contribution is -0.121. The number of carbonyl (C=O) groups excluding carboxylic acids is 1. The predicted octanol–water partition coefficient (Wildman–Crippen LogP) is 3.68. The molecular weight excluding hydrogens is 198 g/mol. The molecule has 0 spiro atoms. The van der Waals surface area contributed by atoms with Gasteiger partial charge in [0.25, 0.3) is 0 Å². The molecule has 0 heterocycles. The van der Waals surface area contributed by atoms with Crippen LogP contribution in [-0.4, -0.2) is 13.0 Å². The third kappa shape index (κ3) is 8.51. The summed E-state index contributed by atoms with van der Waals surface area (Å²) in [5, 5.41) is 2.68. The van der Waals surface area contributed by atoms with Gasteiger partial charge in [-0.2, -0.15) is 0 Å². The molecule has 0 aliphatic heterocycles. The SMILES string of the molecule is CCCCCC/C=C\[C@H](CC)CC(=O)NC. The first-order valence-corrected chi connectivity index (χ1v) is 6.61. The third-order valence-corrected chi connectivity index (χ3v) is 2.88. The molecule has 94 valence electrons. The Morgan fingerprint density at radius 3 is 2.56 bits per heavy atom. The second kappa shape index (κ2) is 10.7. The molecular formula is C14H27NO. The fraction of sp³-hybridized carbons (Fsp3) is 0.786. The predicted molar refractivity (Wildman–Crippen MR) is 70.4 cm³/mol. The summed E-state index contributed by atoms with van der Waals surface area (Å²) >= 11 is 0. The van der Waals surface area contributed by atoms with E-state index in [0.717, 1.165) is 12.8 Å². The highest BCUT2D eigenvalue weighted by Gasteiger charge is 2.06. The number of amides is 1.